The predicted molar refractivity (Wildman–Crippen MR) is 84.5 cm³/mol. The summed E-state index contributed by atoms with van der Waals surface area (Å²) in [5.41, 5.74) is 0.319. The first kappa shape index (κ1) is 15.7. The Morgan fingerprint density at radius 2 is 1.67 bits per heavy atom. The Balaban J connectivity index is 2.38. The van der Waals surface area contributed by atoms with E-state index in [1.807, 2.05) is 0 Å². The van der Waals surface area contributed by atoms with E-state index in [1.54, 1.807) is 30.3 Å². The van der Waals surface area contributed by atoms with E-state index < -0.39 is 10.0 Å². The van der Waals surface area contributed by atoms with Crippen LogP contribution in [0.5, 0.6) is 11.5 Å². The van der Waals surface area contributed by atoms with Crippen LogP contribution in [0.1, 0.15) is 0 Å². The normalized spacial score (nSPS) is 11.0. The van der Waals surface area contributed by atoms with E-state index in [0.29, 0.717) is 17.2 Å². The summed E-state index contributed by atoms with van der Waals surface area (Å²) in [6.45, 7) is 0. The van der Waals surface area contributed by atoms with Gasteiger partial charge in [-0.3, -0.25) is 4.72 Å². The van der Waals surface area contributed by atoms with Crippen molar-refractivity contribution in [1.29, 1.82) is 0 Å². The molecule has 0 unspecified atom stereocenters. The summed E-state index contributed by atoms with van der Waals surface area (Å²) >= 11 is 3.27. The van der Waals surface area contributed by atoms with Crippen molar-refractivity contribution in [2.45, 2.75) is 4.90 Å². The number of methoxy groups -OCH3 is 2. The lowest BCUT2D eigenvalue weighted by Crippen LogP contribution is -2.13. The summed E-state index contributed by atoms with van der Waals surface area (Å²) in [4.78, 5) is 0.163. The molecular weight excluding hydrogens is 358 g/mol. The van der Waals surface area contributed by atoms with Crippen molar-refractivity contribution in [2.75, 3.05) is 18.9 Å². The fourth-order valence-electron chi connectivity index (χ4n) is 1.71. The van der Waals surface area contributed by atoms with Crippen LogP contribution in [0.2, 0.25) is 0 Å². The van der Waals surface area contributed by atoms with Crippen LogP contribution in [0.4, 0.5) is 5.69 Å². The van der Waals surface area contributed by atoms with Crippen molar-refractivity contribution >= 4 is 31.6 Å². The van der Waals surface area contributed by atoms with Crippen LogP contribution in [0.25, 0.3) is 0 Å². The van der Waals surface area contributed by atoms with Gasteiger partial charge in [0.2, 0.25) is 0 Å². The van der Waals surface area contributed by atoms with Crippen molar-refractivity contribution in [1.82, 2.24) is 0 Å². The number of sulfonamides is 1. The highest BCUT2D eigenvalue weighted by atomic mass is 79.9. The summed E-state index contributed by atoms with van der Waals surface area (Å²) in [7, 11) is -0.714. The van der Waals surface area contributed by atoms with Crippen molar-refractivity contribution in [3.05, 3.63) is 46.9 Å². The Morgan fingerprint density at radius 1 is 1.00 bits per heavy atom. The van der Waals surface area contributed by atoms with E-state index in [-0.39, 0.29) is 4.90 Å². The maximum atomic E-state index is 12.4. The molecule has 0 aliphatic rings. The summed E-state index contributed by atoms with van der Waals surface area (Å²) in [5, 5.41) is 0. The Kier molecular flexibility index (Phi) is 4.74. The monoisotopic (exact) mass is 371 g/mol. The molecular formula is C14H14BrNO4S. The highest BCUT2D eigenvalue weighted by Crippen LogP contribution is 2.31. The van der Waals surface area contributed by atoms with Crippen LogP contribution in [-0.4, -0.2) is 22.6 Å². The Labute approximate surface area is 132 Å². The molecule has 0 heterocycles. The molecule has 0 saturated heterocycles. The number of halogens is 1. The number of hydrogen-bond acceptors (Lipinski definition) is 4. The van der Waals surface area contributed by atoms with Crippen molar-refractivity contribution in [3.63, 3.8) is 0 Å². The third-order valence-corrected chi connectivity index (χ3v) is 4.68. The van der Waals surface area contributed by atoms with Gasteiger partial charge in [0, 0.05) is 10.5 Å². The number of hydrogen-bond donors (Lipinski definition) is 1. The molecule has 1 N–H and O–H groups in total. The van der Waals surface area contributed by atoms with Crippen LogP contribution < -0.4 is 14.2 Å². The van der Waals surface area contributed by atoms with Crippen LogP contribution in [-0.2, 0) is 10.0 Å². The van der Waals surface area contributed by atoms with E-state index >= 15 is 0 Å². The fraction of sp³-hybridized carbons (Fsp3) is 0.143. The van der Waals surface area contributed by atoms with Gasteiger partial charge in [-0.25, -0.2) is 8.42 Å². The molecule has 2 aromatic rings. The van der Waals surface area contributed by atoms with Gasteiger partial charge < -0.3 is 9.47 Å². The molecule has 21 heavy (non-hydrogen) atoms. The van der Waals surface area contributed by atoms with Gasteiger partial charge in [0.05, 0.1) is 24.8 Å². The lowest BCUT2D eigenvalue weighted by molar-refractivity contribution is 0.405. The van der Waals surface area contributed by atoms with Gasteiger partial charge in [-0.2, -0.15) is 0 Å². The minimum absolute atomic E-state index is 0.163. The number of anilines is 1. The quantitative estimate of drug-likeness (QED) is 0.875. The van der Waals surface area contributed by atoms with E-state index in [1.165, 1.54) is 26.4 Å². The molecule has 0 amide bonds. The zero-order valence-corrected chi connectivity index (χ0v) is 13.9. The van der Waals surface area contributed by atoms with E-state index in [9.17, 15) is 8.42 Å². The summed E-state index contributed by atoms with van der Waals surface area (Å²) in [6, 6.07) is 11.2. The lowest BCUT2D eigenvalue weighted by Gasteiger charge is -2.13. The zero-order valence-electron chi connectivity index (χ0n) is 11.5. The summed E-state index contributed by atoms with van der Waals surface area (Å²) < 4.78 is 38.3. The highest BCUT2D eigenvalue weighted by Gasteiger charge is 2.17. The van der Waals surface area contributed by atoms with Crippen LogP contribution in [0.3, 0.4) is 0 Å². The van der Waals surface area contributed by atoms with Gasteiger partial charge in [0.15, 0.2) is 0 Å². The van der Waals surface area contributed by atoms with Crippen LogP contribution in [0, 0.1) is 0 Å². The maximum absolute atomic E-state index is 12.4. The summed E-state index contributed by atoms with van der Waals surface area (Å²) in [5.74, 6) is 0.945. The molecule has 0 bridgehead atoms. The Hall–Kier alpha value is -1.73. The van der Waals surface area contributed by atoms with Gasteiger partial charge in [-0.15, -0.1) is 0 Å². The van der Waals surface area contributed by atoms with Crippen molar-refractivity contribution in [3.8, 4) is 11.5 Å². The number of nitrogens with one attached hydrogen (secondary N) is 1. The third kappa shape index (κ3) is 3.68. The standard InChI is InChI=1S/C14H14BrNO4S/c1-19-11-5-8-14(20-2)13(9-11)16-21(17,18)12-6-3-10(15)4-7-12/h3-9,16H,1-2H3. The molecule has 7 heteroatoms. The van der Waals surface area contributed by atoms with Crippen molar-refractivity contribution < 1.29 is 17.9 Å². The molecule has 0 atom stereocenters. The second-order valence-corrected chi connectivity index (χ2v) is 6.72. The first-order chi connectivity index (χ1) is 9.96. The molecule has 5 nitrogen and oxygen atoms in total. The molecule has 2 aromatic carbocycles. The Bertz CT molecular complexity index is 729. The predicted octanol–water partition coefficient (Wildman–Crippen LogP) is 3.27. The molecule has 0 aliphatic carbocycles. The first-order valence-corrected chi connectivity index (χ1v) is 8.24. The highest BCUT2D eigenvalue weighted by molar-refractivity contribution is 9.10. The molecule has 112 valence electrons. The summed E-state index contributed by atoms with van der Waals surface area (Å²) in [6.07, 6.45) is 0. The topological polar surface area (TPSA) is 64.6 Å². The number of ether oxygens (including phenoxy) is 2. The SMILES string of the molecule is COc1ccc(OC)c(NS(=O)(=O)c2ccc(Br)cc2)c1. The van der Waals surface area contributed by atoms with Crippen LogP contribution in [0.15, 0.2) is 51.8 Å². The largest absolute Gasteiger partial charge is 0.497 e. The molecule has 2 rings (SSSR count). The van der Waals surface area contributed by atoms with Gasteiger partial charge in [-0.1, -0.05) is 15.9 Å². The minimum atomic E-state index is -3.69. The average molecular weight is 372 g/mol. The Morgan fingerprint density at radius 3 is 2.24 bits per heavy atom. The molecule has 0 radical (unpaired) electrons. The smallest absolute Gasteiger partial charge is 0.262 e. The number of rotatable bonds is 5. The van der Waals surface area contributed by atoms with Gasteiger partial charge >= 0.3 is 0 Å². The first-order valence-electron chi connectivity index (χ1n) is 5.96. The van der Waals surface area contributed by atoms with E-state index in [2.05, 4.69) is 20.7 Å². The second-order valence-electron chi connectivity index (χ2n) is 4.13. The zero-order chi connectivity index (χ0) is 15.5. The minimum Gasteiger partial charge on any atom is -0.497 e. The maximum Gasteiger partial charge on any atom is 0.262 e. The fourth-order valence-corrected chi connectivity index (χ4v) is 3.04. The molecule has 0 aromatic heterocycles. The molecule has 0 spiro atoms. The van der Waals surface area contributed by atoms with Crippen LogP contribution >= 0.6 is 15.9 Å². The van der Waals surface area contributed by atoms with Crippen molar-refractivity contribution in [2.24, 2.45) is 0 Å². The second kappa shape index (κ2) is 6.36. The molecule has 0 fully saturated rings. The van der Waals surface area contributed by atoms with Gasteiger partial charge in [0.1, 0.15) is 11.5 Å². The number of benzene rings is 2. The third-order valence-electron chi connectivity index (χ3n) is 2.77. The molecule has 0 saturated carbocycles. The molecule has 0 aliphatic heterocycles. The average Bonchev–Trinajstić information content (AvgIpc) is 2.47. The van der Waals surface area contributed by atoms with E-state index in [0.717, 1.165) is 4.47 Å². The van der Waals surface area contributed by atoms with Gasteiger partial charge in [0.25, 0.3) is 10.0 Å². The van der Waals surface area contributed by atoms with E-state index in [4.69, 9.17) is 9.47 Å². The lowest BCUT2D eigenvalue weighted by atomic mass is 10.3. The van der Waals surface area contributed by atoms with Gasteiger partial charge in [-0.05, 0) is 36.4 Å².